The van der Waals surface area contributed by atoms with Crippen LogP contribution in [0.1, 0.15) is 5.56 Å². The number of rotatable bonds is 6. The van der Waals surface area contributed by atoms with Crippen LogP contribution in [-0.4, -0.2) is 31.6 Å². The molecule has 6 heteroatoms. The summed E-state index contributed by atoms with van der Waals surface area (Å²) in [5.74, 6) is 0.212. The van der Waals surface area contributed by atoms with Gasteiger partial charge in [-0.15, -0.1) is 0 Å². The summed E-state index contributed by atoms with van der Waals surface area (Å²) in [7, 11) is 3.31. The van der Waals surface area contributed by atoms with Gasteiger partial charge in [-0.3, -0.25) is 0 Å². The van der Waals surface area contributed by atoms with Gasteiger partial charge in [-0.25, -0.2) is 4.79 Å². The second-order valence-corrected chi connectivity index (χ2v) is 6.20. The Morgan fingerprint density at radius 3 is 2.60 bits per heavy atom. The first-order valence-electron chi connectivity index (χ1n) is 7.83. The molecule has 0 spiro atoms. The van der Waals surface area contributed by atoms with Gasteiger partial charge in [0.2, 0.25) is 0 Å². The minimum absolute atomic E-state index is 0.239. The van der Waals surface area contributed by atoms with Crippen molar-refractivity contribution in [1.29, 1.82) is 5.26 Å². The van der Waals surface area contributed by atoms with E-state index in [0.717, 1.165) is 5.56 Å². The number of nitrogens with zero attached hydrogens (tertiary/aromatic N) is 2. The quantitative estimate of drug-likeness (QED) is 0.842. The summed E-state index contributed by atoms with van der Waals surface area (Å²) < 4.78 is 5.69. The zero-order valence-corrected chi connectivity index (χ0v) is 15.0. The van der Waals surface area contributed by atoms with Gasteiger partial charge in [-0.1, -0.05) is 41.9 Å². The molecule has 5 nitrogen and oxygen atoms in total. The minimum Gasteiger partial charge on any atom is -0.491 e. The molecular formula is C19H20ClN3O2. The zero-order valence-electron chi connectivity index (χ0n) is 14.2. The predicted molar refractivity (Wildman–Crippen MR) is 98.9 cm³/mol. The molecule has 0 aliphatic heterocycles. The van der Waals surface area contributed by atoms with E-state index in [1.165, 1.54) is 4.90 Å². The molecular weight excluding hydrogens is 338 g/mol. The van der Waals surface area contributed by atoms with E-state index in [4.69, 9.17) is 16.3 Å². The standard InChI is InChI=1S/C19H20ClN3O2/c1-23(2)19(24)22-16-8-9-18(17(20)11-16)25-13-15(12-21)10-14-6-4-3-5-7-14/h3-9,11,15H,10,13H2,1-2H3,(H,22,24). The van der Waals surface area contributed by atoms with Crippen molar-refractivity contribution in [2.75, 3.05) is 26.0 Å². The largest absolute Gasteiger partial charge is 0.491 e. The minimum atomic E-state index is -0.272. The van der Waals surface area contributed by atoms with Crippen LogP contribution in [0.2, 0.25) is 5.02 Å². The van der Waals surface area contributed by atoms with Crippen LogP contribution >= 0.6 is 11.6 Å². The number of carbonyl (C=O) groups is 1. The van der Waals surface area contributed by atoms with Gasteiger partial charge in [0, 0.05) is 19.8 Å². The Bertz CT molecular complexity index is 757. The summed E-state index contributed by atoms with van der Waals surface area (Å²) in [6.07, 6.45) is 0.617. The summed E-state index contributed by atoms with van der Waals surface area (Å²) in [5, 5.41) is 12.4. The molecule has 25 heavy (non-hydrogen) atoms. The van der Waals surface area contributed by atoms with Gasteiger partial charge in [0.15, 0.2) is 0 Å². The average Bonchev–Trinajstić information content (AvgIpc) is 2.60. The Morgan fingerprint density at radius 2 is 2.00 bits per heavy atom. The number of halogens is 1. The third-order valence-corrected chi connectivity index (χ3v) is 3.83. The lowest BCUT2D eigenvalue weighted by Crippen LogP contribution is -2.27. The molecule has 1 atom stereocenters. The molecule has 0 aliphatic carbocycles. The molecule has 0 fully saturated rings. The fourth-order valence-electron chi connectivity index (χ4n) is 2.16. The van der Waals surface area contributed by atoms with Gasteiger partial charge in [0.1, 0.15) is 12.4 Å². The molecule has 0 saturated carbocycles. The first-order chi connectivity index (χ1) is 12.0. The Hall–Kier alpha value is -2.71. The van der Waals surface area contributed by atoms with Crippen LogP contribution in [0.5, 0.6) is 5.75 Å². The summed E-state index contributed by atoms with van der Waals surface area (Å²) in [4.78, 5) is 13.1. The Balaban J connectivity index is 1.95. The highest BCUT2D eigenvalue weighted by atomic mass is 35.5. The Labute approximate surface area is 152 Å². The van der Waals surface area contributed by atoms with Crippen molar-refractivity contribution in [3.05, 3.63) is 59.1 Å². The average molecular weight is 358 g/mol. The first-order valence-corrected chi connectivity index (χ1v) is 8.21. The van der Waals surface area contributed by atoms with Crippen LogP contribution in [-0.2, 0) is 6.42 Å². The van der Waals surface area contributed by atoms with Crippen molar-refractivity contribution in [2.45, 2.75) is 6.42 Å². The van der Waals surface area contributed by atoms with Crippen LogP contribution in [0.25, 0.3) is 0 Å². The molecule has 2 aromatic rings. The third kappa shape index (κ3) is 5.70. The van der Waals surface area contributed by atoms with E-state index < -0.39 is 0 Å². The molecule has 2 rings (SSSR count). The molecule has 0 aromatic heterocycles. The normalized spacial score (nSPS) is 11.3. The van der Waals surface area contributed by atoms with Crippen molar-refractivity contribution in [2.24, 2.45) is 5.92 Å². The highest BCUT2D eigenvalue weighted by molar-refractivity contribution is 6.32. The van der Waals surface area contributed by atoms with E-state index in [1.807, 2.05) is 30.3 Å². The number of nitrogens with one attached hydrogen (secondary N) is 1. The fourth-order valence-corrected chi connectivity index (χ4v) is 2.40. The number of anilines is 1. The van der Waals surface area contributed by atoms with E-state index in [1.54, 1.807) is 32.3 Å². The van der Waals surface area contributed by atoms with Gasteiger partial charge in [-0.05, 0) is 30.2 Å². The summed E-state index contributed by atoms with van der Waals surface area (Å²) in [6.45, 7) is 0.245. The summed E-state index contributed by atoms with van der Waals surface area (Å²) in [6, 6.07) is 16.8. The lowest BCUT2D eigenvalue weighted by molar-refractivity contribution is 0.230. The number of urea groups is 1. The molecule has 0 radical (unpaired) electrons. The van der Waals surface area contributed by atoms with Gasteiger partial charge in [0.25, 0.3) is 0 Å². The van der Waals surface area contributed by atoms with Crippen molar-refractivity contribution >= 4 is 23.3 Å². The SMILES string of the molecule is CN(C)C(=O)Nc1ccc(OCC(C#N)Cc2ccccc2)c(Cl)c1. The van der Waals surface area contributed by atoms with E-state index in [9.17, 15) is 10.1 Å². The van der Waals surface area contributed by atoms with Crippen molar-refractivity contribution in [3.63, 3.8) is 0 Å². The van der Waals surface area contributed by atoms with Gasteiger partial charge in [0.05, 0.1) is 17.0 Å². The maximum atomic E-state index is 11.6. The van der Waals surface area contributed by atoms with E-state index in [2.05, 4.69) is 11.4 Å². The molecule has 0 bridgehead atoms. The molecule has 0 saturated heterocycles. The smallest absolute Gasteiger partial charge is 0.321 e. The van der Waals surface area contributed by atoms with E-state index in [-0.39, 0.29) is 18.6 Å². The van der Waals surface area contributed by atoms with Gasteiger partial charge < -0.3 is 15.0 Å². The number of benzene rings is 2. The highest BCUT2D eigenvalue weighted by Crippen LogP contribution is 2.28. The number of hydrogen-bond acceptors (Lipinski definition) is 3. The van der Waals surface area contributed by atoms with Crippen LogP contribution in [0.3, 0.4) is 0 Å². The molecule has 0 heterocycles. The Kier molecular flexibility index (Phi) is 6.67. The number of hydrogen-bond donors (Lipinski definition) is 1. The maximum Gasteiger partial charge on any atom is 0.321 e. The third-order valence-electron chi connectivity index (χ3n) is 3.54. The van der Waals surface area contributed by atoms with Crippen LogP contribution in [0.4, 0.5) is 10.5 Å². The first kappa shape index (κ1) is 18.6. The lowest BCUT2D eigenvalue weighted by Gasteiger charge is -2.15. The predicted octanol–water partition coefficient (Wildman–Crippen LogP) is 4.19. The maximum absolute atomic E-state index is 11.6. The van der Waals surface area contributed by atoms with E-state index >= 15 is 0 Å². The van der Waals surface area contributed by atoms with Crippen LogP contribution < -0.4 is 10.1 Å². The number of ether oxygens (including phenoxy) is 1. The molecule has 130 valence electrons. The fraction of sp³-hybridized carbons (Fsp3) is 0.263. The monoisotopic (exact) mass is 357 g/mol. The molecule has 2 aromatic carbocycles. The lowest BCUT2D eigenvalue weighted by atomic mass is 10.0. The second-order valence-electron chi connectivity index (χ2n) is 5.80. The van der Waals surface area contributed by atoms with Crippen molar-refractivity contribution in [3.8, 4) is 11.8 Å². The molecule has 2 amide bonds. The molecule has 1 unspecified atom stereocenters. The zero-order chi connectivity index (χ0) is 18.2. The highest BCUT2D eigenvalue weighted by Gasteiger charge is 2.12. The summed E-state index contributed by atoms with van der Waals surface area (Å²) >= 11 is 6.21. The van der Waals surface area contributed by atoms with Crippen molar-refractivity contribution in [1.82, 2.24) is 4.90 Å². The van der Waals surface area contributed by atoms with E-state index in [0.29, 0.717) is 22.9 Å². The van der Waals surface area contributed by atoms with Gasteiger partial charge >= 0.3 is 6.03 Å². The van der Waals surface area contributed by atoms with Crippen LogP contribution in [0.15, 0.2) is 48.5 Å². The number of amides is 2. The summed E-state index contributed by atoms with van der Waals surface area (Å²) in [5.41, 5.74) is 1.67. The second kappa shape index (κ2) is 8.95. The molecule has 1 N–H and O–H groups in total. The number of nitriles is 1. The Morgan fingerprint density at radius 1 is 1.28 bits per heavy atom. The molecule has 0 aliphatic rings. The topological polar surface area (TPSA) is 65.4 Å². The van der Waals surface area contributed by atoms with Gasteiger partial charge in [-0.2, -0.15) is 5.26 Å². The number of carbonyl (C=O) groups excluding carboxylic acids is 1. The van der Waals surface area contributed by atoms with Crippen molar-refractivity contribution < 1.29 is 9.53 Å². The van der Waals surface area contributed by atoms with Crippen LogP contribution in [0, 0.1) is 17.2 Å².